The molecule has 1 saturated carbocycles. The Balaban J connectivity index is 2.07. The van der Waals surface area contributed by atoms with Crippen molar-refractivity contribution in [2.24, 2.45) is 0 Å². The van der Waals surface area contributed by atoms with Crippen LogP contribution >= 0.6 is 0 Å². The van der Waals surface area contributed by atoms with Gasteiger partial charge in [0.05, 0.1) is 0 Å². The quantitative estimate of drug-likeness (QED) is 0.806. The van der Waals surface area contributed by atoms with Gasteiger partial charge in [-0.05, 0) is 46.2 Å². The first-order chi connectivity index (χ1) is 9.48. The Morgan fingerprint density at radius 2 is 2.20 bits per heavy atom. The topological polar surface area (TPSA) is 55.8 Å². The molecule has 2 rings (SSSR count). The number of piperazine rings is 1. The van der Waals surface area contributed by atoms with E-state index in [1.165, 1.54) is 0 Å². The van der Waals surface area contributed by atoms with E-state index in [0.717, 1.165) is 51.9 Å². The smallest absolute Gasteiger partial charge is 0.323 e. The van der Waals surface area contributed by atoms with Crippen LogP contribution in [0.2, 0.25) is 0 Å². The Morgan fingerprint density at radius 1 is 1.45 bits per heavy atom. The van der Waals surface area contributed by atoms with Gasteiger partial charge in [0, 0.05) is 31.7 Å². The molecule has 5 nitrogen and oxygen atoms in total. The van der Waals surface area contributed by atoms with Gasteiger partial charge < -0.3 is 15.3 Å². The van der Waals surface area contributed by atoms with Gasteiger partial charge in [-0.2, -0.15) is 0 Å². The number of carboxylic acids is 1. The van der Waals surface area contributed by atoms with Crippen LogP contribution in [0.4, 0.5) is 0 Å². The average molecular weight is 283 g/mol. The highest BCUT2D eigenvalue weighted by molar-refractivity contribution is 5.79. The first-order valence-corrected chi connectivity index (χ1v) is 7.91. The number of aliphatic carboxylic acids is 1. The zero-order valence-corrected chi connectivity index (χ0v) is 13.1. The minimum Gasteiger partial charge on any atom is -0.480 e. The van der Waals surface area contributed by atoms with Crippen LogP contribution in [0.5, 0.6) is 0 Å². The lowest BCUT2D eigenvalue weighted by atomic mass is 9.77. The van der Waals surface area contributed by atoms with Crippen molar-refractivity contribution < 1.29 is 9.90 Å². The van der Waals surface area contributed by atoms with Crippen LogP contribution < -0.4 is 5.32 Å². The minimum absolute atomic E-state index is 0.405. The van der Waals surface area contributed by atoms with Gasteiger partial charge in [0.15, 0.2) is 0 Å². The van der Waals surface area contributed by atoms with Crippen molar-refractivity contribution in [3.63, 3.8) is 0 Å². The lowest BCUT2D eigenvalue weighted by Gasteiger charge is -2.48. The molecule has 1 aliphatic heterocycles. The van der Waals surface area contributed by atoms with Gasteiger partial charge in [-0.1, -0.05) is 6.92 Å². The maximum absolute atomic E-state index is 11.7. The molecule has 3 atom stereocenters. The highest BCUT2D eigenvalue weighted by Gasteiger charge is 2.44. The minimum atomic E-state index is -0.708. The van der Waals surface area contributed by atoms with Gasteiger partial charge in [-0.25, -0.2) is 0 Å². The predicted octanol–water partition coefficient (Wildman–Crippen LogP) is 0.998. The van der Waals surface area contributed by atoms with E-state index < -0.39 is 11.5 Å². The predicted molar refractivity (Wildman–Crippen MR) is 80.0 cm³/mol. The summed E-state index contributed by atoms with van der Waals surface area (Å²) in [5, 5.41) is 12.9. The zero-order valence-electron chi connectivity index (χ0n) is 13.1. The summed E-state index contributed by atoms with van der Waals surface area (Å²) in [7, 11) is 2.16. The Labute approximate surface area is 122 Å². The first-order valence-electron chi connectivity index (χ1n) is 7.91. The third-order valence-electron chi connectivity index (χ3n) is 5.00. The van der Waals surface area contributed by atoms with Gasteiger partial charge in [0.2, 0.25) is 0 Å². The summed E-state index contributed by atoms with van der Waals surface area (Å²) >= 11 is 0. The highest BCUT2D eigenvalue weighted by atomic mass is 16.4. The number of hydrogen-bond acceptors (Lipinski definition) is 4. The first kappa shape index (κ1) is 15.7. The molecule has 0 radical (unpaired) electrons. The molecule has 3 unspecified atom stereocenters. The van der Waals surface area contributed by atoms with E-state index in [4.69, 9.17) is 0 Å². The fraction of sp³-hybridized carbons (Fsp3) is 0.933. The molecule has 1 saturated heterocycles. The number of rotatable bonds is 4. The second-order valence-corrected chi connectivity index (χ2v) is 6.52. The molecule has 5 heteroatoms. The molecule has 0 aromatic carbocycles. The fourth-order valence-corrected chi connectivity index (χ4v) is 3.99. The van der Waals surface area contributed by atoms with Crippen molar-refractivity contribution in [2.75, 3.05) is 33.2 Å². The molecule has 0 aromatic heterocycles. The summed E-state index contributed by atoms with van der Waals surface area (Å²) in [5.41, 5.74) is -0.708. The highest BCUT2D eigenvalue weighted by Crippen LogP contribution is 2.33. The molecular formula is C15H29N3O2. The molecule has 1 aliphatic carbocycles. The van der Waals surface area contributed by atoms with Crippen LogP contribution in [0, 0.1) is 0 Å². The van der Waals surface area contributed by atoms with Crippen molar-refractivity contribution in [1.29, 1.82) is 0 Å². The summed E-state index contributed by atoms with van der Waals surface area (Å²) in [5.74, 6) is -0.675. The van der Waals surface area contributed by atoms with Gasteiger partial charge >= 0.3 is 5.97 Å². The lowest BCUT2D eigenvalue weighted by Crippen LogP contribution is -2.61. The van der Waals surface area contributed by atoms with Gasteiger partial charge in [0.25, 0.3) is 0 Å². The van der Waals surface area contributed by atoms with E-state index >= 15 is 0 Å². The number of nitrogens with one attached hydrogen (secondary N) is 1. The molecule has 2 aliphatic rings. The van der Waals surface area contributed by atoms with Crippen LogP contribution in [0.3, 0.4) is 0 Å². The van der Waals surface area contributed by atoms with Crippen molar-refractivity contribution >= 4 is 5.97 Å². The van der Waals surface area contributed by atoms with Gasteiger partial charge in [-0.3, -0.25) is 9.69 Å². The maximum atomic E-state index is 11.7. The Morgan fingerprint density at radius 3 is 2.80 bits per heavy atom. The standard InChI is InChI=1S/C15H29N3O2/c1-4-16-15(14(19)20)7-5-6-13(10-15)18-9-8-17(3)11-12(18)2/h12-13,16H,4-11H2,1-3H3,(H,19,20). The van der Waals surface area contributed by atoms with Crippen molar-refractivity contribution in [1.82, 2.24) is 15.1 Å². The summed E-state index contributed by atoms with van der Waals surface area (Å²) in [4.78, 5) is 16.6. The van der Waals surface area contributed by atoms with E-state index in [9.17, 15) is 9.90 Å². The van der Waals surface area contributed by atoms with Crippen molar-refractivity contribution in [3.05, 3.63) is 0 Å². The average Bonchev–Trinajstić information content (AvgIpc) is 2.39. The lowest BCUT2D eigenvalue weighted by molar-refractivity contribution is -0.148. The molecular weight excluding hydrogens is 254 g/mol. The summed E-state index contributed by atoms with van der Waals surface area (Å²) < 4.78 is 0. The maximum Gasteiger partial charge on any atom is 0.323 e. The van der Waals surface area contributed by atoms with Crippen LogP contribution in [0.15, 0.2) is 0 Å². The number of carboxylic acid groups (broad SMARTS) is 1. The van der Waals surface area contributed by atoms with Crippen LogP contribution in [-0.2, 0) is 4.79 Å². The summed E-state index contributed by atoms with van der Waals surface area (Å²) in [6, 6.07) is 0.924. The van der Waals surface area contributed by atoms with Crippen molar-refractivity contribution in [3.8, 4) is 0 Å². The molecule has 116 valence electrons. The Kier molecular flexibility index (Phi) is 5.04. The molecule has 2 N–H and O–H groups in total. The monoisotopic (exact) mass is 283 g/mol. The summed E-state index contributed by atoms with van der Waals surface area (Å²) in [6.07, 6.45) is 3.64. The SMILES string of the molecule is CCNC1(C(=O)O)CCCC(N2CCN(C)CC2C)C1. The largest absolute Gasteiger partial charge is 0.480 e. The molecule has 0 spiro atoms. The van der Waals surface area contributed by atoms with Crippen LogP contribution in [0.25, 0.3) is 0 Å². The number of likely N-dealkylation sites (N-methyl/N-ethyl adjacent to an activating group) is 2. The third-order valence-corrected chi connectivity index (χ3v) is 5.00. The van der Waals surface area contributed by atoms with Crippen LogP contribution in [0.1, 0.15) is 39.5 Å². The molecule has 2 fully saturated rings. The van der Waals surface area contributed by atoms with Crippen molar-refractivity contribution in [2.45, 2.75) is 57.2 Å². The second-order valence-electron chi connectivity index (χ2n) is 6.52. The number of nitrogens with zero attached hydrogens (tertiary/aromatic N) is 2. The van der Waals surface area contributed by atoms with E-state index in [0.29, 0.717) is 12.1 Å². The van der Waals surface area contributed by atoms with E-state index in [1.54, 1.807) is 0 Å². The van der Waals surface area contributed by atoms with E-state index in [2.05, 4.69) is 29.1 Å². The van der Waals surface area contributed by atoms with E-state index in [-0.39, 0.29) is 0 Å². The number of carbonyl (C=O) groups is 1. The Hall–Kier alpha value is -0.650. The molecule has 0 bridgehead atoms. The van der Waals surface area contributed by atoms with Gasteiger partial charge in [0.1, 0.15) is 5.54 Å². The molecule has 20 heavy (non-hydrogen) atoms. The molecule has 0 amide bonds. The number of hydrogen-bond donors (Lipinski definition) is 2. The third kappa shape index (κ3) is 3.15. The molecule has 0 aromatic rings. The summed E-state index contributed by atoms with van der Waals surface area (Å²) in [6.45, 7) is 8.20. The van der Waals surface area contributed by atoms with Gasteiger partial charge in [-0.15, -0.1) is 0 Å². The molecule has 1 heterocycles. The normalized spacial score (nSPS) is 37.0. The fourth-order valence-electron chi connectivity index (χ4n) is 3.99. The second kappa shape index (κ2) is 6.41. The van der Waals surface area contributed by atoms with E-state index in [1.807, 2.05) is 6.92 Å². The van der Waals surface area contributed by atoms with Crippen LogP contribution in [-0.4, -0.2) is 71.7 Å². The zero-order chi connectivity index (χ0) is 14.8. The Bertz CT molecular complexity index is 346.